The largest absolute Gasteiger partial charge is 0.478 e. The van der Waals surface area contributed by atoms with Gasteiger partial charge in [-0.05, 0) is 60.0 Å². The minimum atomic E-state index is -0.475. The molecule has 3 aromatic carbocycles. The number of nitro benzene ring substituents is 1. The average molecular weight is 446 g/mol. The summed E-state index contributed by atoms with van der Waals surface area (Å²) in [6.07, 6.45) is 1.58. The predicted molar refractivity (Wildman–Crippen MR) is 118 cm³/mol. The van der Waals surface area contributed by atoms with Crippen LogP contribution in [0.25, 0.3) is 6.08 Å². The van der Waals surface area contributed by atoms with Gasteiger partial charge in [-0.3, -0.25) is 19.8 Å². The van der Waals surface area contributed by atoms with Gasteiger partial charge in [-0.25, -0.2) is 4.39 Å². The summed E-state index contributed by atoms with van der Waals surface area (Å²) in [6.45, 7) is 3.26. The summed E-state index contributed by atoms with van der Waals surface area (Å²) in [4.78, 5) is 25.5. The van der Waals surface area contributed by atoms with Crippen molar-refractivity contribution in [1.29, 1.82) is 0 Å². The van der Waals surface area contributed by atoms with Gasteiger partial charge in [0.15, 0.2) is 5.76 Å². The Bertz CT molecular complexity index is 1300. The number of carbonyl (C=O) groups is 1. The topological polar surface area (TPSA) is 81.9 Å². The van der Waals surface area contributed by atoms with E-state index in [2.05, 4.69) is 0 Å². The molecule has 33 heavy (non-hydrogen) atoms. The number of hydrogen-bond acceptors (Lipinski definition) is 6. The minimum absolute atomic E-state index is 0.0255. The Morgan fingerprint density at radius 3 is 2.58 bits per heavy atom. The maximum absolute atomic E-state index is 13.2. The normalized spacial score (nSPS) is 16.2. The van der Waals surface area contributed by atoms with Gasteiger partial charge in [0, 0.05) is 25.2 Å². The van der Waals surface area contributed by atoms with Gasteiger partial charge in [0.05, 0.1) is 16.1 Å². The van der Waals surface area contributed by atoms with Crippen molar-refractivity contribution in [3.05, 3.63) is 104 Å². The number of benzene rings is 3. The van der Waals surface area contributed by atoms with Crippen molar-refractivity contribution in [2.45, 2.75) is 20.0 Å². The van der Waals surface area contributed by atoms with Crippen LogP contribution in [0.15, 0.2) is 60.4 Å². The van der Waals surface area contributed by atoms with E-state index in [0.717, 1.165) is 16.7 Å². The first-order valence-corrected chi connectivity index (χ1v) is 10.3. The summed E-state index contributed by atoms with van der Waals surface area (Å²) < 4.78 is 25.2. The van der Waals surface area contributed by atoms with Gasteiger partial charge < -0.3 is 9.47 Å². The minimum Gasteiger partial charge on any atom is -0.478 e. The molecular formula is C25H19FN2O5. The second-order valence-electron chi connectivity index (χ2n) is 8.05. The molecule has 0 aromatic heterocycles. The van der Waals surface area contributed by atoms with Crippen LogP contribution in [-0.4, -0.2) is 22.3 Å². The van der Waals surface area contributed by atoms with Crippen LogP contribution in [0.4, 0.5) is 10.1 Å². The average Bonchev–Trinajstić information content (AvgIpc) is 3.13. The highest BCUT2D eigenvalue weighted by molar-refractivity contribution is 6.15. The summed E-state index contributed by atoms with van der Waals surface area (Å²) >= 11 is 0. The van der Waals surface area contributed by atoms with Crippen molar-refractivity contribution in [2.75, 3.05) is 6.73 Å². The van der Waals surface area contributed by atoms with Crippen molar-refractivity contribution < 1.29 is 23.6 Å². The van der Waals surface area contributed by atoms with Crippen molar-refractivity contribution in [1.82, 2.24) is 4.90 Å². The van der Waals surface area contributed by atoms with Crippen LogP contribution in [0, 0.1) is 22.9 Å². The van der Waals surface area contributed by atoms with E-state index in [0.29, 0.717) is 42.4 Å². The Balaban J connectivity index is 1.43. The van der Waals surface area contributed by atoms with E-state index in [1.165, 1.54) is 24.3 Å². The zero-order valence-corrected chi connectivity index (χ0v) is 17.7. The summed E-state index contributed by atoms with van der Waals surface area (Å²) in [5.74, 6) is 0.787. The molecule has 5 rings (SSSR count). The Hall–Kier alpha value is -4.04. The number of ketones is 1. The van der Waals surface area contributed by atoms with Gasteiger partial charge in [0.2, 0.25) is 5.78 Å². The molecule has 8 heteroatoms. The number of hydrogen-bond donors (Lipinski definition) is 0. The van der Waals surface area contributed by atoms with Gasteiger partial charge in [-0.2, -0.15) is 0 Å². The first-order valence-electron chi connectivity index (χ1n) is 10.3. The number of fused-ring (bicyclic) bond motifs is 3. The number of carbonyl (C=O) groups excluding carboxylic acids is 1. The smallest absolute Gasteiger partial charge is 0.269 e. The zero-order chi connectivity index (χ0) is 23.1. The fourth-order valence-electron chi connectivity index (χ4n) is 4.07. The number of halogens is 1. The monoisotopic (exact) mass is 446 g/mol. The van der Waals surface area contributed by atoms with Gasteiger partial charge in [-0.1, -0.05) is 12.1 Å². The van der Waals surface area contributed by atoms with E-state index >= 15 is 0 Å². The number of Topliss-reactive ketones (excluding diaryl/α,β-unsaturated/α-hetero) is 1. The van der Waals surface area contributed by atoms with E-state index in [4.69, 9.17) is 9.47 Å². The third kappa shape index (κ3) is 3.96. The molecule has 0 aliphatic carbocycles. The third-order valence-electron chi connectivity index (χ3n) is 5.71. The maximum Gasteiger partial charge on any atom is 0.269 e. The van der Waals surface area contributed by atoms with Crippen LogP contribution in [0.5, 0.6) is 11.5 Å². The molecular weight excluding hydrogens is 427 g/mol. The molecule has 0 amide bonds. The molecule has 7 nitrogen and oxygen atoms in total. The lowest BCUT2D eigenvalue weighted by Gasteiger charge is -2.30. The summed E-state index contributed by atoms with van der Waals surface area (Å²) in [6, 6.07) is 14.1. The fourth-order valence-corrected chi connectivity index (χ4v) is 4.07. The molecule has 3 aromatic rings. The molecule has 0 atom stereocenters. The van der Waals surface area contributed by atoms with Crippen molar-refractivity contribution in [3.8, 4) is 11.5 Å². The number of nitrogens with zero attached hydrogens (tertiary/aromatic N) is 2. The lowest BCUT2D eigenvalue weighted by Crippen LogP contribution is -2.31. The molecule has 0 N–H and O–H groups in total. The quantitative estimate of drug-likeness (QED) is 0.318. The van der Waals surface area contributed by atoms with E-state index < -0.39 is 4.92 Å². The number of non-ortho nitro benzene ring substituents is 1. The maximum atomic E-state index is 13.2. The van der Waals surface area contributed by atoms with Crippen LogP contribution in [0.3, 0.4) is 0 Å². The Morgan fingerprint density at radius 1 is 1.15 bits per heavy atom. The van der Waals surface area contributed by atoms with Crippen LogP contribution < -0.4 is 9.47 Å². The number of aryl methyl sites for hydroxylation is 1. The number of ether oxygens (including phenoxy) is 2. The molecule has 0 radical (unpaired) electrons. The van der Waals surface area contributed by atoms with Crippen molar-refractivity contribution in [2.24, 2.45) is 0 Å². The molecule has 0 unspecified atom stereocenters. The van der Waals surface area contributed by atoms with Crippen molar-refractivity contribution >= 4 is 17.5 Å². The number of nitro groups is 1. The van der Waals surface area contributed by atoms with Crippen LogP contribution >= 0.6 is 0 Å². The standard InChI is InChI=1S/C25H19FN2O5/c1-15-10-21-20(13-27(14-32-21)12-17-2-6-18(26)7-3-17)25-23(15)24(29)22(33-25)11-16-4-8-19(9-5-16)28(30)31/h2-11H,12-14H2,1H3/b22-11-. The lowest BCUT2D eigenvalue weighted by atomic mass is 9.98. The third-order valence-corrected chi connectivity index (χ3v) is 5.71. The zero-order valence-electron chi connectivity index (χ0n) is 17.7. The molecule has 0 spiro atoms. The number of allylic oxidation sites excluding steroid dienone is 1. The first kappa shape index (κ1) is 20.8. The van der Waals surface area contributed by atoms with Gasteiger partial charge >= 0.3 is 0 Å². The molecule has 166 valence electrons. The second kappa shape index (κ2) is 8.14. The second-order valence-corrected chi connectivity index (χ2v) is 8.05. The van der Waals surface area contributed by atoms with Crippen LogP contribution in [-0.2, 0) is 13.1 Å². The van der Waals surface area contributed by atoms with Gasteiger partial charge in [0.25, 0.3) is 5.69 Å². The van der Waals surface area contributed by atoms with E-state index in [-0.39, 0.29) is 23.0 Å². The molecule has 2 aliphatic heterocycles. The highest BCUT2D eigenvalue weighted by Gasteiger charge is 2.35. The SMILES string of the molecule is Cc1cc2c(c3c1C(=O)/C(=C/c1ccc([N+](=O)[O-])cc1)O3)CN(Cc1ccc(F)cc1)CO2. The highest BCUT2D eigenvalue weighted by atomic mass is 19.1. The predicted octanol–water partition coefficient (Wildman–Crippen LogP) is 5.01. The Labute approximate surface area is 188 Å². The molecule has 0 saturated carbocycles. The van der Waals surface area contributed by atoms with E-state index in [1.807, 2.05) is 17.9 Å². The summed E-state index contributed by atoms with van der Waals surface area (Å²) in [5, 5.41) is 10.9. The summed E-state index contributed by atoms with van der Waals surface area (Å²) in [5.41, 5.74) is 3.58. The molecule has 2 heterocycles. The molecule has 2 aliphatic rings. The molecule has 0 bridgehead atoms. The van der Waals surface area contributed by atoms with Crippen molar-refractivity contribution in [3.63, 3.8) is 0 Å². The van der Waals surface area contributed by atoms with E-state index in [1.54, 1.807) is 30.3 Å². The molecule has 0 fully saturated rings. The fraction of sp³-hybridized carbons (Fsp3) is 0.160. The van der Waals surface area contributed by atoms with Gasteiger partial charge in [-0.15, -0.1) is 0 Å². The Kier molecular flexibility index (Phi) is 5.14. The first-order chi connectivity index (χ1) is 15.9. The highest BCUT2D eigenvalue weighted by Crippen LogP contribution is 2.44. The van der Waals surface area contributed by atoms with Crippen LogP contribution in [0.2, 0.25) is 0 Å². The van der Waals surface area contributed by atoms with Gasteiger partial charge in [0.1, 0.15) is 24.0 Å². The Morgan fingerprint density at radius 2 is 1.88 bits per heavy atom. The summed E-state index contributed by atoms with van der Waals surface area (Å²) in [7, 11) is 0. The van der Waals surface area contributed by atoms with E-state index in [9.17, 15) is 19.3 Å². The number of rotatable bonds is 4. The van der Waals surface area contributed by atoms with Crippen LogP contribution in [0.1, 0.15) is 32.6 Å². The molecule has 0 saturated heterocycles. The lowest BCUT2D eigenvalue weighted by molar-refractivity contribution is -0.384.